The van der Waals surface area contributed by atoms with E-state index in [2.05, 4.69) is 27.0 Å². The van der Waals surface area contributed by atoms with Gasteiger partial charge in [0.25, 0.3) is 0 Å². The molecule has 2 aliphatic carbocycles. The van der Waals surface area contributed by atoms with Crippen LogP contribution in [-0.4, -0.2) is 21.9 Å². The second kappa shape index (κ2) is 4.25. The number of rotatable bonds is 1. The minimum absolute atomic E-state index is 0.134. The Hall–Kier alpha value is -0.600. The zero-order valence-electron chi connectivity index (χ0n) is 10.9. The van der Waals surface area contributed by atoms with E-state index in [0.717, 1.165) is 24.8 Å². The van der Waals surface area contributed by atoms with Gasteiger partial charge in [-0.2, -0.15) is 0 Å². The van der Waals surface area contributed by atoms with Crippen molar-refractivity contribution in [3.63, 3.8) is 0 Å². The fourth-order valence-electron chi connectivity index (χ4n) is 3.71. The average Bonchev–Trinajstić information content (AvgIpc) is 2.40. The third-order valence-corrected chi connectivity index (χ3v) is 4.95. The summed E-state index contributed by atoms with van der Waals surface area (Å²) in [6, 6.07) is 0. The maximum atomic E-state index is 10.8. The van der Waals surface area contributed by atoms with E-state index in [1.165, 1.54) is 5.57 Å². The van der Waals surface area contributed by atoms with E-state index in [-0.39, 0.29) is 5.92 Å². The van der Waals surface area contributed by atoms with Gasteiger partial charge < -0.3 is 10.2 Å². The van der Waals surface area contributed by atoms with Crippen molar-refractivity contribution < 1.29 is 10.2 Å². The minimum Gasteiger partial charge on any atom is -0.390 e. The zero-order chi connectivity index (χ0) is 12.8. The Morgan fingerprint density at radius 2 is 2.06 bits per heavy atom. The molecule has 2 N–H and O–H groups in total. The lowest BCUT2D eigenvalue weighted by atomic mass is 9.77. The Balaban J connectivity index is 2.33. The third-order valence-electron chi connectivity index (χ3n) is 4.95. The Labute approximate surface area is 104 Å². The van der Waals surface area contributed by atoms with Crippen LogP contribution in [0.2, 0.25) is 0 Å². The summed E-state index contributed by atoms with van der Waals surface area (Å²) in [5, 5.41) is 21.0. The third kappa shape index (κ3) is 1.88. The molecule has 0 aromatic rings. The predicted octanol–water partition coefficient (Wildman–Crippen LogP) is 2.67. The lowest BCUT2D eigenvalue weighted by Gasteiger charge is -2.34. The lowest BCUT2D eigenvalue weighted by molar-refractivity contribution is -0.0555. The van der Waals surface area contributed by atoms with Gasteiger partial charge in [0, 0.05) is 0 Å². The maximum absolute atomic E-state index is 10.8. The molecular formula is C15H24O2. The van der Waals surface area contributed by atoms with Gasteiger partial charge in [0.15, 0.2) is 0 Å². The highest BCUT2D eigenvalue weighted by Crippen LogP contribution is 2.51. The Morgan fingerprint density at radius 3 is 2.65 bits per heavy atom. The molecule has 17 heavy (non-hydrogen) atoms. The van der Waals surface area contributed by atoms with Crippen molar-refractivity contribution in [2.45, 2.75) is 51.2 Å². The standard InChI is InChI=1S/C15H24O2/c1-9(2)12-6-5-11(4)15(17)13(8-12)10(3)7-14(15)16/h10,12-14,16-17H,1,4-8H2,2-3H3/t10-,12+,13-,14-,15+/m0/s1. The van der Waals surface area contributed by atoms with Crippen LogP contribution in [-0.2, 0) is 0 Å². The van der Waals surface area contributed by atoms with Crippen molar-refractivity contribution >= 4 is 0 Å². The quantitative estimate of drug-likeness (QED) is 0.687. The highest BCUT2D eigenvalue weighted by molar-refractivity contribution is 5.25. The molecule has 2 aliphatic rings. The minimum atomic E-state index is -1.05. The van der Waals surface area contributed by atoms with Crippen LogP contribution in [0.1, 0.15) is 39.5 Å². The van der Waals surface area contributed by atoms with Crippen LogP contribution in [0.5, 0.6) is 0 Å². The summed E-state index contributed by atoms with van der Waals surface area (Å²) >= 11 is 0. The molecule has 0 spiro atoms. The smallest absolute Gasteiger partial charge is 0.114 e. The second-order valence-electron chi connectivity index (χ2n) is 6.08. The zero-order valence-corrected chi connectivity index (χ0v) is 10.9. The topological polar surface area (TPSA) is 40.5 Å². The van der Waals surface area contributed by atoms with Crippen LogP contribution in [0, 0.1) is 17.8 Å². The SMILES string of the molecule is C=C(C)[C@@H]1CCC(=C)[C@]2(O)[C@@H](O)C[C@H](C)[C@@H]2C1. The first kappa shape index (κ1) is 12.8. The maximum Gasteiger partial charge on any atom is 0.114 e. The van der Waals surface area contributed by atoms with E-state index in [0.29, 0.717) is 18.3 Å². The van der Waals surface area contributed by atoms with Gasteiger partial charge in [0.2, 0.25) is 0 Å². The van der Waals surface area contributed by atoms with Gasteiger partial charge in [-0.05, 0) is 55.9 Å². The summed E-state index contributed by atoms with van der Waals surface area (Å²) < 4.78 is 0. The summed E-state index contributed by atoms with van der Waals surface area (Å²) in [5.41, 5.74) is 0.961. The fourth-order valence-corrected chi connectivity index (χ4v) is 3.71. The number of hydrogen-bond donors (Lipinski definition) is 2. The number of allylic oxidation sites excluding steroid dienone is 1. The fraction of sp³-hybridized carbons (Fsp3) is 0.733. The van der Waals surface area contributed by atoms with Gasteiger partial charge in [0.1, 0.15) is 5.60 Å². The summed E-state index contributed by atoms with van der Waals surface area (Å²) in [7, 11) is 0. The van der Waals surface area contributed by atoms with E-state index in [4.69, 9.17) is 0 Å². The molecule has 2 fully saturated rings. The van der Waals surface area contributed by atoms with Gasteiger partial charge in [-0.25, -0.2) is 0 Å². The van der Waals surface area contributed by atoms with Crippen LogP contribution in [0.25, 0.3) is 0 Å². The lowest BCUT2D eigenvalue weighted by Crippen LogP contribution is -2.44. The van der Waals surface area contributed by atoms with Crippen LogP contribution in [0.3, 0.4) is 0 Å². The molecule has 96 valence electrons. The molecule has 2 rings (SSSR count). The number of aliphatic hydroxyl groups excluding tert-OH is 1. The first-order valence-corrected chi connectivity index (χ1v) is 6.61. The summed E-state index contributed by atoms with van der Waals surface area (Å²) in [5.74, 6) is 0.944. The van der Waals surface area contributed by atoms with E-state index in [1.54, 1.807) is 0 Å². The van der Waals surface area contributed by atoms with Gasteiger partial charge in [0.05, 0.1) is 6.10 Å². The largest absolute Gasteiger partial charge is 0.390 e. The van der Waals surface area contributed by atoms with Crippen molar-refractivity contribution in [3.05, 3.63) is 24.3 Å². The molecular weight excluding hydrogens is 212 g/mol. The predicted molar refractivity (Wildman–Crippen MR) is 69.5 cm³/mol. The first-order valence-electron chi connectivity index (χ1n) is 6.61. The van der Waals surface area contributed by atoms with E-state index in [1.807, 2.05) is 0 Å². The molecule has 0 radical (unpaired) electrons. The van der Waals surface area contributed by atoms with Crippen LogP contribution >= 0.6 is 0 Å². The van der Waals surface area contributed by atoms with Crippen LogP contribution in [0.15, 0.2) is 24.3 Å². The molecule has 0 saturated heterocycles. The molecule has 0 unspecified atom stereocenters. The molecule has 0 heterocycles. The van der Waals surface area contributed by atoms with Crippen molar-refractivity contribution in [1.82, 2.24) is 0 Å². The second-order valence-corrected chi connectivity index (χ2v) is 6.08. The monoisotopic (exact) mass is 236 g/mol. The Morgan fingerprint density at radius 1 is 1.41 bits per heavy atom. The molecule has 0 amide bonds. The highest BCUT2D eigenvalue weighted by atomic mass is 16.3. The van der Waals surface area contributed by atoms with Crippen molar-refractivity contribution in [1.29, 1.82) is 0 Å². The molecule has 5 atom stereocenters. The van der Waals surface area contributed by atoms with Crippen molar-refractivity contribution in [3.8, 4) is 0 Å². The van der Waals surface area contributed by atoms with Crippen molar-refractivity contribution in [2.24, 2.45) is 17.8 Å². The molecule has 2 nitrogen and oxygen atoms in total. The van der Waals surface area contributed by atoms with Gasteiger partial charge in [-0.15, -0.1) is 0 Å². The van der Waals surface area contributed by atoms with E-state index >= 15 is 0 Å². The summed E-state index contributed by atoms with van der Waals surface area (Å²) in [6.07, 6.45) is 2.78. The van der Waals surface area contributed by atoms with E-state index in [9.17, 15) is 10.2 Å². The van der Waals surface area contributed by atoms with Gasteiger partial charge in [-0.3, -0.25) is 0 Å². The van der Waals surface area contributed by atoms with Gasteiger partial charge >= 0.3 is 0 Å². The molecule has 2 heteroatoms. The number of hydrogen-bond acceptors (Lipinski definition) is 2. The molecule has 0 aromatic heterocycles. The molecule has 0 bridgehead atoms. The average molecular weight is 236 g/mol. The molecule has 0 aliphatic heterocycles. The molecule has 2 saturated carbocycles. The normalized spacial score (nSPS) is 46.5. The molecule has 0 aromatic carbocycles. The highest BCUT2D eigenvalue weighted by Gasteiger charge is 2.54. The van der Waals surface area contributed by atoms with Crippen LogP contribution in [0.4, 0.5) is 0 Å². The number of aliphatic hydroxyl groups is 2. The summed E-state index contributed by atoms with van der Waals surface area (Å²) in [6.45, 7) is 12.3. The Bertz CT molecular complexity index is 347. The van der Waals surface area contributed by atoms with Crippen molar-refractivity contribution in [2.75, 3.05) is 0 Å². The number of fused-ring (bicyclic) bond motifs is 1. The van der Waals surface area contributed by atoms with E-state index < -0.39 is 11.7 Å². The van der Waals surface area contributed by atoms with Crippen LogP contribution < -0.4 is 0 Å². The Kier molecular flexibility index (Phi) is 3.21. The summed E-state index contributed by atoms with van der Waals surface area (Å²) in [4.78, 5) is 0. The first-order chi connectivity index (χ1) is 7.87. The van der Waals surface area contributed by atoms with Gasteiger partial charge in [-0.1, -0.05) is 25.7 Å².